The van der Waals surface area contributed by atoms with Crippen LogP contribution < -0.4 is 14.2 Å². The molecule has 1 aromatic heterocycles. The Morgan fingerprint density at radius 2 is 2.09 bits per heavy atom. The van der Waals surface area contributed by atoms with Crippen LogP contribution in [0.4, 0.5) is 4.39 Å². The van der Waals surface area contributed by atoms with E-state index in [-0.39, 0.29) is 34.6 Å². The lowest BCUT2D eigenvalue weighted by molar-refractivity contribution is -0.133. The number of aryl methyl sites for hydroxylation is 1. The van der Waals surface area contributed by atoms with Gasteiger partial charge in [-0.15, -0.1) is 0 Å². The predicted octanol–water partition coefficient (Wildman–Crippen LogP) is 4.64. The first kappa shape index (κ1) is 23.3. The Morgan fingerprint density at radius 3 is 2.76 bits per heavy atom. The number of ether oxygens (including phenoxy) is 3. The van der Waals surface area contributed by atoms with E-state index in [0.29, 0.717) is 24.9 Å². The van der Waals surface area contributed by atoms with E-state index in [1.54, 1.807) is 6.07 Å². The molecule has 1 aromatic carbocycles. The normalized spacial score (nSPS) is 21.5. The fraction of sp³-hybridized carbons (Fsp3) is 0.560. The third-order valence-electron chi connectivity index (χ3n) is 6.66. The van der Waals surface area contributed by atoms with Gasteiger partial charge in [-0.1, -0.05) is 26.8 Å². The van der Waals surface area contributed by atoms with Crippen LogP contribution in [0.2, 0.25) is 0 Å². The highest BCUT2D eigenvalue weighted by Crippen LogP contribution is 2.58. The van der Waals surface area contributed by atoms with Crippen LogP contribution in [0.5, 0.6) is 23.3 Å². The summed E-state index contributed by atoms with van der Waals surface area (Å²) in [7, 11) is 1.48. The Morgan fingerprint density at radius 1 is 1.30 bits per heavy atom. The number of likely N-dealkylation sites (tertiary alicyclic amines) is 1. The van der Waals surface area contributed by atoms with E-state index < -0.39 is 5.82 Å². The average molecular weight is 458 g/mol. The molecule has 4 rings (SSSR count). The second-order valence-electron chi connectivity index (χ2n) is 9.48. The molecule has 33 heavy (non-hydrogen) atoms. The Labute approximate surface area is 194 Å². The molecule has 2 heterocycles. The summed E-state index contributed by atoms with van der Waals surface area (Å²) in [4.78, 5) is 22.7. The van der Waals surface area contributed by atoms with E-state index >= 15 is 0 Å². The lowest BCUT2D eigenvalue weighted by atomic mass is 9.95. The van der Waals surface area contributed by atoms with E-state index in [1.165, 1.54) is 19.5 Å². The zero-order valence-corrected chi connectivity index (χ0v) is 19.8. The van der Waals surface area contributed by atoms with Gasteiger partial charge in [-0.3, -0.25) is 4.79 Å². The molecule has 2 atom stereocenters. The standard InChI is InChI=1S/C25H32FN3O4/c1-5-17-6-7-20(19(26)11-17)33-24-22(31-4)23(27-15-28-24)32-14-25-8-9-29(13-18(25)12-25)21(30)10-16(2)3/h6-7,11,15-16,18H,5,8-10,12-14H2,1-4H3. The highest BCUT2D eigenvalue weighted by molar-refractivity contribution is 5.76. The van der Waals surface area contributed by atoms with Gasteiger partial charge in [-0.05, 0) is 48.8 Å². The zero-order chi connectivity index (χ0) is 23.6. The van der Waals surface area contributed by atoms with Crippen LogP contribution in [-0.2, 0) is 11.2 Å². The molecule has 1 aliphatic heterocycles. The van der Waals surface area contributed by atoms with Gasteiger partial charge in [-0.2, -0.15) is 9.97 Å². The van der Waals surface area contributed by atoms with Crippen LogP contribution in [0.1, 0.15) is 45.6 Å². The van der Waals surface area contributed by atoms with Crippen molar-refractivity contribution in [3.63, 3.8) is 0 Å². The molecule has 0 spiro atoms. The summed E-state index contributed by atoms with van der Waals surface area (Å²) in [5, 5.41) is 0. The Bertz CT molecular complexity index is 1020. The second kappa shape index (κ2) is 9.53. The topological polar surface area (TPSA) is 73.8 Å². The average Bonchev–Trinajstić information content (AvgIpc) is 3.52. The number of halogens is 1. The zero-order valence-electron chi connectivity index (χ0n) is 19.8. The van der Waals surface area contributed by atoms with Crippen molar-refractivity contribution in [1.29, 1.82) is 0 Å². The summed E-state index contributed by atoms with van der Waals surface area (Å²) in [6.07, 6.45) is 4.59. The molecule has 2 unspecified atom stereocenters. The van der Waals surface area contributed by atoms with Crippen molar-refractivity contribution in [2.75, 3.05) is 26.8 Å². The lowest BCUT2D eigenvalue weighted by Gasteiger charge is -2.32. The van der Waals surface area contributed by atoms with Crippen molar-refractivity contribution >= 4 is 5.91 Å². The first-order chi connectivity index (χ1) is 15.8. The fourth-order valence-corrected chi connectivity index (χ4v) is 4.52. The van der Waals surface area contributed by atoms with Gasteiger partial charge in [0.15, 0.2) is 11.6 Å². The van der Waals surface area contributed by atoms with Crippen molar-refractivity contribution in [2.45, 2.75) is 46.5 Å². The van der Waals surface area contributed by atoms with Gasteiger partial charge in [0.05, 0.1) is 13.7 Å². The summed E-state index contributed by atoms with van der Waals surface area (Å²) in [6, 6.07) is 4.84. The van der Waals surface area contributed by atoms with Crippen LogP contribution in [0, 0.1) is 23.1 Å². The fourth-order valence-electron chi connectivity index (χ4n) is 4.52. The van der Waals surface area contributed by atoms with Gasteiger partial charge in [0.25, 0.3) is 11.8 Å². The second-order valence-corrected chi connectivity index (χ2v) is 9.48. The third-order valence-corrected chi connectivity index (χ3v) is 6.66. The molecule has 0 N–H and O–H groups in total. The van der Waals surface area contributed by atoms with Crippen molar-refractivity contribution < 1.29 is 23.4 Å². The number of amides is 1. The van der Waals surface area contributed by atoms with Crippen LogP contribution >= 0.6 is 0 Å². The SMILES string of the molecule is CCc1ccc(Oc2ncnc(OCC34CCN(C(=O)CC(C)C)CC3C4)c2OC)c(F)c1. The molecule has 8 heteroatoms. The number of methoxy groups -OCH3 is 1. The monoisotopic (exact) mass is 457 g/mol. The summed E-state index contributed by atoms with van der Waals surface area (Å²) < 4.78 is 31.6. The molecule has 0 radical (unpaired) electrons. The van der Waals surface area contributed by atoms with Crippen molar-refractivity contribution in [3.8, 4) is 23.3 Å². The van der Waals surface area contributed by atoms with Crippen LogP contribution in [-0.4, -0.2) is 47.6 Å². The van der Waals surface area contributed by atoms with Gasteiger partial charge < -0.3 is 19.1 Å². The van der Waals surface area contributed by atoms with Gasteiger partial charge in [0, 0.05) is 24.9 Å². The van der Waals surface area contributed by atoms with Crippen molar-refractivity contribution in [2.24, 2.45) is 17.3 Å². The molecular weight excluding hydrogens is 425 g/mol. The molecule has 2 aromatic rings. The van der Waals surface area contributed by atoms with Crippen molar-refractivity contribution in [3.05, 3.63) is 35.9 Å². The predicted molar refractivity (Wildman–Crippen MR) is 121 cm³/mol. The molecule has 1 saturated heterocycles. The summed E-state index contributed by atoms with van der Waals surface area (Å²) in [5.41, 5.74) is 0.946. The maximum Gasteiger partial charge on any atom is 0.270 e. The summed E-state index contributed by atoms with van der Waals surface area (Å²) >= 11 is 0. The Kier molecular flexibility index (Phi) is 6.72. The van der Waals surface area contributed by atoms with E-state index in [0.717, 1.165) is 37.9 Å². The molecule has 2 aliphatic rings. The smallest absolute Gasteiger partial charge is 0.270 e. The highest BCUT2D eigenvalue weighted by atomic mass is 19.1. The summed E-state index contributed by atoms with van der Waals surface area (Å²) in [6.45, 7) is 8.13. The number of hydrogen-bond donors (Lipinski definition) is 0. The van der Waals surface area contributed by atoms with Gasteiger partial charge in [-0.25, -0.2) is 4.39 Å². The number of aromatic nitrogens is 2. The number of benzene rings is 1. The molecule has 1 saturated carbocycles. The number of hydrogen-bond acceptors (Lipinski definition) is 6. The number of piperidine rings is 1. The molecule has 7 nitrogen and oxygen atoms in total. The number of rotatable bonds is 9. The van der Waals surface area contributed by atoms with E-state index in [9.17, 15) is 9.18 Å². The van der Waals surface area contributed by atoms with Crippen LogP contribution in [0.3, 0.4) is 0 Å². The minimum absolute atomic E-state index is 0.0632. The minimum atomic E-state index is -0.462. The van der Waals surface area contributed by atoms with E-state index in [1.807, 2.05) is 17.9 Å². The molecule has 0 bridgehead atoms. The molecular formula is C25H32FN3O4. The minimum Gasteiger partial charge on any atom is -0.487 e. The van der Waals surface area contributed by atoms with Gasteiger partial charge >= 0.3 is 0 Å². The maximum atomic E-state index is 14.4. The number of fused-ring (bicyclic) bond motifs is 1. The molecule has 2 fully saturated rings. The van der Waals surface area contributed by atoms with Gasteiger partial charge in [0.2, 0.25) is 11.7 Å². The first-order valence-corrected chi connectivity index (χ1v) is 11.6. The molecule has 178 valence electrons. The largest absolute Gasteiger partial charge is 0.487 e. The summed E-state index contributed by atoms with van der Waals surface area (Å²) in [5.74, 6) is 1.25. The molecule has 1 amide bonds. The number of carbonyl (C=O) groups excluding carboxylic acids is 1. The van der Waals surface area contributed by atoms with E-state index in [2.05, 4.69) is 23.8 Å². The van der Waals surface area contributed by atoms with E-state index in [4.69, 9.17) is 14.2 Å². The third kappa shape index (κ3) is 5.04. The Hall–Kier alpha value is -2.90. The Balaban J connectivity index is 1.40. The van der Waals surface area contributed by atoms with Crippen LogP contribution in [0.25, 0.3) is 0 Å². The van der Waals surface area contributed by atoms with Gasteiger partial charge in [0.1, 0.15) is 6.33 Å². The lowest BCUT2D eigenvalue weighted by Crippen LogP contribution is -2.41. The quantitative estimate of drug-likeness (QED) is 0.546. The number of nitrogens with zero attached hydrogens (tertiary/aromatic N) is 3. The highest BCUT2D eigenvalue weighted by Gasteiger charge is 2.57. The van der Waals surface area contributed by atoms with Crippen molar-refractivity contribution in [1.82, 2.24) is 14.9 Å². The number of carbonyl (C=O) groups is 1. The molecule has 1 aliphatic carbocycles. The first-order valence-electron chi connectivity index (χ1n) is 11.6. The maximum absolute atomic E-state index is 14.4. The van der Waals surface area contributed by atoms with Crippen LogP contribution in [0.15, 0.2) is 24.5 Å².